The Morgan fingerprint density at radius 2 is 1.55 bits per heavy atom. The zero-order valence-electron chi connectivity index (χ0n) is 22.4. The van der Waals surface area contributed by atoms with Gasteiger partial charge in [-0.15, -0.1) is 5.10 Å². The number of nitrogens with zero attached hydrogens (tertiary/aromatic N) is 6. The van der Waals surface area contributed by atoms with E-state index in [9.17, 15) is 9.59 Å². The van der Waals surface area contributed by atoms with E-state index in [1.807, 2.05) is 83.4 Å². The first kappa shape index (κ1) is 25.2. The highest BCUT2D eigenvalue weighted by atomic mass is 16.2. The Kier molecular flexibility index (Phi) is 6.22. The van der Waals surface area contributed by atoms with Crippen molar-refractivity contribution >= 4 is 11.2 Å². The molecule has 0 aliphatic carbocycles. The topological polar surface area (TPSA) is 127 Å². The molecule has 0 saturated carbocycles. The van der Waals surface area contributed by atoms with E-state index in [2.05, 4.69) is 46.4 Å². The average molecular weight is 533 g/mol. The van der Waals surface area contributed by atoms with Gasteiger partial charge in [0.05, 0.1) is 5.69 Å². The molecule has 6 rings (SSSR count). The van der Waals surface area contributed by atoms with Gasteiger partial charge in [-0.1, -0.05) is 87.5 Å². The standard InChI is InChI=1S/C30H28N8O2/c1-30(2,3)17-24-31-27-25(28(39)32-29(40)38(27)21-9-5-4-6-10-21)37(24)18-19-13-15-20(16-14-19)22-11-7-8-12-23(22)26-33-35-36-34-26/h4-16H,17-18H2,1-3H3,(H,32,39,40)(H,33,34,35,36). The number of rotatable bonds is 6. The van der Waals surface area contributed by atoms with Crippen LogP contribution in [0.15, 0.2) is 88.5 Å². The molecule has 3 aromatic carbocycles. The summed E-state index contributed by atoms with van der Waals surface area (Å²) < 4.78 is 3.40. The molecule has 6 aromatic rings. The number of aromatic nitrogens is 8. The summed E-state index contributed by atoms with van der Waals surface area (Å²) in [7, 11) is 0. The van der Waals surface area contributed by atoms with Gasteiger partial charge in [-0.3, -0.25) is 9.78 Å². The lowest BCUT2D eigenvalue weighted by molar-refractivity contribution is 0.394. The minimum absolute atomic E-state index is 0.0904. The molecule has 0 radical (unpaired) electrons. The van der Waals surface area contributed by atoms with Crippen molar-refractivity contribution in [2.45, 2.75) is 33.7 Å². The van der Waals surface area contributed by atoms with E-state index in [4.69, 9.17) is 4.98 Å². The van der Waals surface area contributed by atoms with Crippen LogP contribution in [0.4, 0.5) is 0 Å². The number of fused-ring (bicyclic) bond motifs is 1. The summed E-state index contributed by atoms with van der Waals surface area (Å²) >= 11 is 0. The minimum Gasteiger partial charge on any atom is -0.318 e. The molecule has 0 saturated heterocycles. The molecule has 10 nitrogen and oxygen atoms in total. The normalized spacial score (nSPS) is 11.8. The second-order valence-corrected chi connectivity index (χ2v) is 10.9. The quantitative estimate of drug-likeness (QED) is 0.328. The average Bonchev–Trinajstić information content (AvgIpc) is 3.58. The highest BCUT2D eigenvalue weighted by molar-refractivity contribution is 5.80. The molecule has 0 atom stereocenters. The predicted octanol–water partition coefficient (Wildman–Crippen LogP) is 4.36. The van der Waals surface area contributed by atoms with Crippen molar-refractivity contribution in [1.29, 1.82) is 0 Å². The molecule has 200 valence electrons. The maximum Gasteiger partial charge on any atom is 0.334 e. The largest absolute Gasteiger partial charge is 0.334 e. The number of tetrazole rings is 1. The van der Waals surface area contributed by atoms with Crippen molar-refractivity contribution in [2.75, 3.05) is 0 Å². The van der Waals surface area contributed by atoms with E-state index in [0.29, 0.717) is 35.6 Å². The zero-order chi connectivity index (χ0) is 27.9. The molecule has 0 unspecified atom stereocenters. The second-order valence-electron chi connectivity index (χ2n) is 10.9. The van der Waals surface area contributed by atoms with Gasteiger partial charge in [0.25, 0.3) is 5.56 Å². The van der Waals surface area contributed by atoms with Crippen LogP contribution in [-0.4, -0.2) is 39.7 Å². The second kappa shape index (κ2) is 9.88. The van der Waals surface area contributed by atoms with Gasteiger partial charge < -0.3 is 4.57 Å². The Balaban J connectivity index is 1.45. The molecular weight excluding hydrogens is 504 g/mol. The first-order valence-electron chi connectivity index (χ1n) is 13.0. The van der Waals surface area contributed by atoms with Crippen LogP contribution in [0.3, 0.4) is 0 Å². The molecule has 0 bridgehead atoms. The molecule has 3 aromatic heterocycles. The van der Waals surface area contributed by atoms with E-state index in [1.165, 1.54) is 4.57 Å². The first-order chi connectivity index (χ1) is 19.3. The summed E-state index contributed by atoms with van der Waals surface area (Å²) in [6.07, 6.45) is 0.626. The van der Waals surface area contributed by atoms with Crippen LogP contribution in [0.5, 0.6) is 0 Å². The van der Waals surface area contributed by atoms with Crippen molar-refractivity contribution in [1.82, 2.24) is 39.7 Å². The number of H-pyrrole nitrogens is 2. The van der Waals surface area contributed by atoms with Gasteiger partial charge in [0.1, 0.15) is 5.82 Å². The van der Waals surface area contributed by atoms with Crippen molar-refractivity contribution in [3.05, 3.63) is 111 Å². The molecule has 0 amide bonds. The van der Waals surface area contributed by atoms with Gasteiger partial charge in [0.15, 0.2) is 17.0 Å². The van der Waals surface area contributed by atoms with Crippen molar-refractivity contribution in [3.63, 3.8) is 0 Å². The monoisotopic (exact) mass is 532 g/mol. The number of nitrogens with one attached hydrogen (secondary N) is 2. The molecular formula is C30H28N8O2. The molecule has 0 spiro atoms. The smallest absolute Gasteiger partial charge is 0.318 e. The number of hydrogen-bond donors (Lipinski definition) is 2. The van der Waals surface area contributed by atoms with Gasteiger partial charge in [-0.05, 0) is 44.7 Å². The molecule has 10 heteroatoms. The van der Waals surface area contributed by atoms with E-state index < -0.39 is 11.2 Å². The van der Waals surface area contributed by atoms with Gasteiger partial charge in [-0.2, -0.15) is 0 Å². The molecule has 0 aliphatic rings. The highest BCUT2D eigenvalue weighted by Crippen LogP contribution is 2.30. The van der Waals surface area contributed by atoms with Gasteiger partial charge in [0.2, 0.25) is 0 Å². The molecule has 2 N–H and O–H groups in total. The Labute approximate surface area is 229 Å². The number of para-hydroxylation sites is 1. The van der Waals surface area contributed by atoms with Crippen LogP contribution < -0.4 is 11.2 Å². The summed E-state index contributed by atoms with van der Waals surface area (Å²) in [4.78, 5) is 33.5. The summed E-state index contributed by atoms with van der Waals surface area (Å²) in [6.45, 7) is 6.80. The van der Waals surface area contributed by atoms with Gasteiger partial charge in [0, 0.05) is 18.5 Å². The lowest BCUT2D eigenvalue weighted by atomic mass is 9.92. The van der Waals surface area contributed by atoms with Crippen LogP contribution in [0.1, 0.15) is 32.2 Å². The summed E-state index contributed by atoms with van der Waals surface area (Å²) in [5.41, 5.74) is 4.21. The zero-order valence-corrected chi connectivity index (χ0v) is 22.4. The lowest BCUT2D eigenvalue weighted by Gasteiger charge is -2.18. The third-order valence-electron chi connectivity index (χ3n) is 6.71. The van der Waals surface area contributed by atoms with E-state index >= 15 is 0 Å². The molecule has 3 heterocycles. The third kappa shape index (κ3) is 4.75. The number of aromatic amines is 2. The van der Waals surface area contributed by atoms with Crippen LogP contribution in [-0.2, 0) is 13.0 Å². The number of benzene rings is 3. The number of imidazole rings is 1. The summed E-state index contributed by atoms with van der Waals surface area (Å²) in [5.74, 6) is 1.34. The third-order valence-corrected chi connectivity index (χ3v) is 6.71. The maximum absolute atomic E-state index is 13.2. The fraction of sp³-hybridized carbons (Fsp3) is 0.200. The maximum atomic E-state index is 13.2. The van der Waals surface area contributed by atoms with E-state index in [-0.39, 0.29) is 5.41 Å². The lowest BCUT2D eigenvalue weighted by Crippen LogP contribution is -2.30. The van der Waals surface area contributed by atoms with Gasteiger partial charge >= 0.3 is 5.69 Å². The van der Waals surface area contributed by atoms with Crippen LogP contribution in [0, 0.1) is 5.41 Å². The molecule has 0 aliphatic heterocycles. The predicted molar refractivity (Wildman–Crippen MR) is 153 cm³/mol. The summed E-state index contributed by atoms with van der Waals surface area (Å²) in [6, 6.07) is 25.3. The van der Waals surface area contributed by atoms with Crippen LogP contribution in [0.2, 0.25) is 0 Å². The van der Waals surface area contributed by atoms with Crippen molar-refractivity contribution < 1.29 is 0 Å². The number of hydrogen-bond acceptors (Lipinski definition) is 6. The fourth-order valence-corrected chi connectivity index (χ4v) is 4.96. The SMILES string of the molecule is CC(C)(C)Cc1nc2c(c(=O)[nH]c(=O)n2-c2ccccc2)n1Cc1ccc(-c2ccccc2-c2nnn[nH]2)cc1. The van der Waals surface area contributed by atoms with Crippen molar-refractivity contribution in [3.8, 4) is 28.2 Å². The van der Waals surface area contributed by atoms with Gasteiger partial charge in [-0.25, -0.2) is 19.4 Å². The van der Waals surface area contributed by atoms with Crippen molar-refractivity contribution in [2.24, 2.45) is 5.41 Å². The fourth-order valence-electron chi connectivity index (χ4n) is 4.96. The Bertz CT molecular complexity index is 1910. The Morgan fingerprint density at radius 3 is 2.23 bits per heavy atom. The first-order valence-corrected chi connectivity index (χ1v) is 13.0. The Hall–Kier alpha value is -5.12. The van der Waals surface area contributed by atoms with Crippen LogP contribution in [0.25, 0.3) is 39.4 Å². The highest BCUT2D eigenvalue weighted by Gasteiger charge is 2.23. The molecule has 0 fully saturated rings. The minimum atomic E-state index is -0.513. The molecule has 40 heavy (non-hydrogen) atoms. The van der Waals surface area contributed by atoms with E-state index in [0.717, 1.165) is 28.1 Å². The van der Waals surface area contributed by atoms with E-state index in [1.54, 1.807) is 0 Å². The van der Waals surface area contributed by atoms with Crippen LogP contribution >= 0.6 is 0 Å². The Morgan fingerprint density at radius 1 is 0.850 bits per heavy atom. The summed E-state index contributed by atoms with van der Waals surface area (Å²) in [5, 5.41) is 14.3.